The van der Waals surface area contributed by atoms with Crippen LogP contribution in [0.25, 0.3) is 0 Å². The minimum atomic E-state index is -4.50. The summed E-state index contributed by atoms with van der Waals surface area (Å²) in [5.41, 5.74) is 4.74. The molecule has 1 rings (SSSR count). The Morgan fingerprint density at radius 2 is 2.05 bits per heavy atom. The monoisotopic (exact) mass is 308 g/mol. The van der Waals surface area contributed by atoms with Crippen LogP contribution in [-0.2, 0) is 11.0 Å². The Kier molecular flexibility index (Phi) is 5.42. The lowest BCUT2D eigenvalue weighted by Gasteiger charge is -2.18. The Balaban J connectivity index is 2.95. The summed E-state index contributed by atoms with van der Waals surface area (Å²) in [5.74, 6) is -0.639. The Morgan fingerprint density at radius 1 is 1.45 bits per heavy atom. The number of benzene rings is 1. The number of carbonyl (C=O) groups excluding carboxylic acids is 1. The third kappa shape index (κ3) is 4.11. The van der Waals surface area contributed by atoms with E-state index in [0.717, 1.165) is 18.2 Å². The minimum absolute atomic E-state index is 0.0303. The number of amides is 1. The lowest BCUT2D eigenvalue weighted by Crippen LogP contribution is -2.40. The fourth-order valence-electron chi connectivity index (χ4n) is 1.53. The SMILES string of the molecule is CCC(C)[C@H](N)C(=O)Nc1cc(C(F)(F)F)ccc1Cl. The number of rotatable bonds is 4. The number of nitrogens with two attached hydrogens (primary N) is 1. The molecule has 2 atom stereocenters. The molecule has 0 aliphatic carbocycles. The van der Waals surface area contributed by atoms with Crippen LogP contribution in [0.15, 0.2) is 18.2 Å². The standard InChI is InChI=1S/C13H16ClF3N2O/c1-3-7(2)11(18)12(20)19-10-6-8(13(15,16)17)4-5-9(10)14/h4-7,11H,3,18H2,1-2H3,(H,19,20)/t7?,11-/m0/s1. The molecule has 0 saturated carbocycles. The van der Waals surface area contributed by atoms with E-state index >= 15 is 0 Å². The molecule has 3 N–H and O–H groups in total. The molecule has 0 aliphatic heterocycles. The van der Waals surface area contributed by atoms with Gasteiger partial charge in [-0.05, 0) is 24.1 Å². The zero-order valence-corrected chi connectivity index (χ0v) is 11.8. The molecule has 1 amide bonds. The predicted molar refractivity (Wildman–Crippen MR) is 72.5 cm³/mol. The second-order valence-electron chi connectivity index (χ2n) is 4.59. The van der Waals surface area contributed by atoms with Crippen LogP contribution in [0.5, 0.6) is 0 Å². The predicted octanol–water partition coefficient (Wildman–Crippen LogP) is 3.67. The van der Waals surface area contributed by atoms with Crippen molar-refractivity contribution in [1.82, 2.24) is 0 Å². The molecule has 20 heavy (non-hydrogen) atoms. The number of nitrogens with one attached hydrogen (secondary N) is 1. The first-order chi connectivity index (χ1) is 9.16. The van der Waals surface area contributed by atoms with Gasteiger partial charge in [0.2, 0.25) is 5.91 Å². The summed E-state index contributed by atoms with van der Waals surface area (Å²) in [6, 6.07) is 1.94. The molecule has 0 heterocycles. The summed E-state index contributed by atoms with van der Waals surface area (Å²) >= 11 is 5.79. The molecule has 0 fully saturated rings. The smallest absolute Gasteiger partial charge is 0.323 e. The molecule has 0 aromatic heterocycles. The summed E-state index contributed by atoms with van der Waals surface area (Å²) in [6.07, 6.45) is -3.81. The van der Waals surface area contributed by atoms with Gasteiger partial charge in [0.1, 0.15) is 0 Å². The zero-order valence-electron chi connectivity index (χ0n) is 11.1. The number of anilines is 1. The van der Waals surface area contributed by atoms with Crippen LogP contribution >= 0.6 is 11.6 Å². The average molecular weight is 309 g/mol. The van der Waals surface area contributed by atoms with Crippen LogP contribution in [0, 0.1) is 5.92 Å². The average Bonchev–Trinajstić information content (AvgIpc) is 2.38. The molecule has 0 spiro atoms. The Bertz CT molecular complexity index is 491. The number of hydrogen-bond donors (Lipinski definition) is 2. The molecular formula is C13H16ClF3N2O. The number of hydrogen-bond acceptors (Lipinski definition) is 2. The zero-order chi connectivity index (χ0) is 15.5. The van der Waals surface area contributed by atoms with E-state index in [-0.39, 0.29) is 16.6 Å². The van der Waals surface area contributed by atoms with Crippen molar-refractivity contribution in [2.24, 2.45) is 11.7 Å². The van der Waals surface area contributed by atoms with Gasteiger partial charge in [0.25, 0.3) is 0 Å². The molecule has 0 bridgehead atoms. The van der Waals surface area contributed by atoms with Crippen molar-refractivity contribution in [3.8, 4) is 0 Å². The Labute approximate surface area is 120 Å². The van der Waals surface area contributed by atoms with Gasteiger partial charge in [-0.3, -0.25) is 4.79 Å². The van der Waals surface area contributed by atoms with Crippen molar-refractivity contribution < 1.29 is 18.0 Å². The van der Waals surface area contributed by atoms with Crippen molar-refractivity contribution in [2.75, 3.05) is 5.32 Å². The number of halogens is 4. The highest BCUT2D eigenvalue weighted by Crippen LogP contribution is 2.33. The first-order valence-corrected chi connectivity index (χ1v) is 6.47. The van der Waals surface area contributed by atoms with E-state index in [4.69, 9.17) is 17.3 Å². The van der Waals surface area contributed by atoms with E-state index < -0.39 is 23.7 Å². The molecule has 112 valence electrons. The molecule has 1 aromatic rings. The second-order valence-corrected chi connectivity index (χ2v) is 5.00. The van der Waals surface area contributed by atoms with E-state index in [1.165, 1.54) is 0 Å². The van der Waals surface area contributed by atoms with E-state index in [1.807, 2.05) is 6.92 Å². The Morgan fingerprint density at radius 3 is 2.55 bits per heavy atom. The van der Waals surface area contributed by atoms with E-state index in [9.17, 15) is 18.0 Å². The third-order valence-electron chi connectivity index (χ3n) is 3.11. The van der Waals surface area contributed by atoms with Crippen LogP contribution in [0.1, 0.15) is 25.8 Å². The van der Waals surface area contributed by atoms with Gasteiger partial charge in [0, 0.05) is 0 Å². The van der Waals surface area contributed by atoms with Gasteiger partial charge in [-0.15, -0.1) is 0 Å². The largest absolute Gasteiger partial charge is 0.416 e. The van der Waals surface area contributed by atoms with Gasteiger partial charge >= 0.3 is 6.18 Å². The number of carbonyl (C=O) groups is 1. The van der Waals surface area contributed by atoms with Gasteiger partial charge < -0.3 is 11.1 Å². The van der Waals surface area contributed by atoms with Crippen molar-refractivity contribution in [2.45, 2.75) is 32.5 Å². The summed E-state index contributed by atoms with van der Waals surface area (Å²) in [7, 11) is 0. The van der Waals surface area contributed by atoms with Crippen LogP contribution in [-0.4, -0.2) is 11.9 Å². The first-order valence-electron chi connectivity index (χ1n) is 6.10. The van der Waals surface area contributed by atoms with Crippen molar-refractivity contribution >= 4 is 23.2 Å². The van der Waals surface area contributed by atoms with Crippen LogP contribution < -0.4 is 11.1 Å². The fraction of sp³-hybridized carbons (Fsp3) is 0.462. The molecule has 0 radical (unpaired) electrons. The summed E-state index contributed by atoms with van der Waals surface area (Å²) in [6.45, 7) is 3.66. The summed E-state index contributed by atoms with van der Waals surface area (Å²) in [5, 5.41) is 2.37. The van der Waals surface area contributed by atoms with Crippen molar-refractivity contribution in [3.05, 3.63) is 28.8 Å². The van der Waals surface area contributed by atoms with E-state index in [0.29, 0.717) is 6.42 Å². The van der Waals surface area contributed by atoms with Crippen molar-refractivity contribution in [1.29, 1.82) is 0 Å². The van der Waals surface area contributed by atoms with Crippen LogP contribution in [0.4, 0.5) is 18.9 Å². The van der Waals surface area contributed by atoms with Gasteiger partial charge in [0.15, 0.2) is 0 Å². The highest BCUT2D eigenvalue weighted by molar-refractivity contribution is 6.33. The molecule has 0 aliphatic rings. The van der Waals surface area contributed by atoms with Gasteiger partial charge in [-0.1, -0.05) is 31.9 Å². The lowest BCUT2D eigenvalue weighted by atomic mass is 9.99. The maximum Gasteiger partial charge on any atom is 0.416 e. The first kappa shape index (κ1) is 16.8. The second kappa shape index (κ2) is 6.45. The van der Waals surface area contributed by atoms with Gasteiger partial charge in [-0.2, -0.15) is 13.2 Å². The molecule has 1 unspecified atom stereocenters. The highest BCUT2D eigenvalue weighted by Gasteiger charge is 2.31. The summed E-state index contributed by atoms with van der Waals surface area (Å²) in [4.78, 5) is 11.8. The maximum atomic E-state index is 12.6. The molecule has 0 saturated heterocycles. The molecular weight excluding hydrogens is 293 g/mol. The van der Waals surface area contributed by atoms with Crippen LogP contribution in [0.3, 0.4) is 0 Å². The van der Waals surface area contributed by atoms with Gasteiger partial charge in [0.05, 0.1) is 22.3 Å². The van der Waals surface area contributed by atoms with Crippen molar-refractivity contribution in [3.63, 3.8) is 0 Å². The van der Waals surface area contributed by atoms with Gasteiger partial charge in [-0.25, -0.2) is 0 Å². The minimum Gasteiger partial charge on any atom is -0.323 e. The molecule has 7 heteroatoms. The molecule has 3 nitrogen and oxygen atoms in total. The number of alkyl halides is 3. The molecule has 1 aromatic carbocycles. The fourth-order valence-corrected chi connectivity index (χ4v) is 1.69. The topological polar surface area (TPSA) is 55.1 Å². The van der Waals surface area contributed by atoms with E-state index in [1.54, 1.807) is 6.92 Å². The summed E-state index contributed by atoms with van der Waals surface area (Å²) < 4.78 is 37.8. The van der Waals surface area contributed by atoms with Crippen LogP contribution in [0.2, 0.25) is 5.02 Å². The van der Waals surface area contributed by atoms with E-state index in [2.05, 4.69) is 5.32 Å². The maximum absolute atomic E-state index is 12.6. The normalized spacial score (nSPS) is 14.8. The lowest BCUT2D eigenvalue weighted by molar-refractivity contribution is -0.137. The Hall–Kier alpha value is -1.27. The quantitative estimate of drug-likeness (QED) is 0.891. The third-order valence-corrected chi connectivity index (χ3v) is 3.44. The highest BCUT2D eigenvalue weighted by atomic mass is 35.5.